The summed E-state index contributed by atoms with van der Waals surface area (Å²) >= 11 is 0. The van der Waals surface area contributed by atoms with Gasteiger partial charge in [0.05, 0.1) is 6.04 Å². The quantitative estimate of drug-likeness (QED) is 0.497. The van der Waals surface area contributed by atoms with Crippen LogP contribution in [0, 0.1) is 13.8 Å². The van der Waals surface area contributed by atoms with Crippen LogP contribution in [0.4, 0.5) is 5.69 Å². The fraction of sp³-hybridized carbons (Fsp3) is 0.417. The summed E-state index contributed by atoms with van der Waals surface area (Å²) in [5, 5.41) is 3.11. The Morgan fingerprint density at radius 2 is 2.00 bits per heavy atom. The minimum Gasteiger partial charge on any atom is -0.370 e. The van der Waals surface area contributed by atoms with Gasteiger partial charge in [-0.15, -0.1) is 24.0 Å². The molecule has 0 spiro atoms. The predicted molar refractivity (Wildman–Crippen MR) is 79.6 cm³/mol. The lowest BCUT2D eigenvalue weighted by Gasteiger charge is -2.07. The molecule has 1 aromatic rings. The molecule has 1 aromatic carbocycles. The number of nitrogens with two attached hydrogens (primary N) is 1. The molecule has 1 aliphatic rings. The second-order valence-electron chi connectivity index (χ2n) is 4.17. The Bertz CT molecular complexity index is 397. The van der Waals surface area contributed by atoms with E-state index in [2.05, 4.69) is 36.3 Å². The molecule has 1 saturated carbocycles. The number of guanidine groups is 1. The van der Waals surface area contributed by atoms with Crippen molar-refractivity contribution >= 4 is 35.6 Å². The number of halogens is 1. The average molecular weight is 331 g/mol. The minimum absolute atomic E-state index is 0. The van der Waals surface area contributed by atoms with Gasteiger partial charge in [0, 0.05) is 5.69 Å². The maximum Gasteiger partial charge on any atom is 0.193 e. The first-order valence-electron chi connectivity index (χ1n) is 5.33. The van der Waals surface area contributed by atoms with Gasteiger partial charge >= 0.3 is 0 Å². The first kappa shape index (κ1) is 13.3. The van der Waals surface area contributed by atoms with Gasteiger partial charge in [0.25, 0.3) is 0 Å². The zero-order chi connectivity index (χ0) is 10.8. The van der Waals surface area contributed by atoms with E-state index in [1.807, 2.05) is 6.07 Å². The lowest BCUT2D eigenvalue weighted by Crippen LogP contribution is -2.23. The summed E-state index contributed by atoms with van der Waals surface area (Å²) in [4.78, 5) is 4.32. The summed E-state index contributed by atoms with van der Waals surface area (Å²) in [6, 6.07) is 6.66. The standard InChI is InChI=1S/C12H17N3.HI/c1-8-3-4-11(7-9(8)2)15-12(13)14-10-5-6-10;/h3-4,7,10H,5-6H2,1-2H3,(H3,13,14,15);1H. The molecule has 88 valence electrons. The van der Waals surface area contributed by atoms with E-state index >= 15 is 0 Å². The van der Waals surface area contributed by atoms with Crippen LogP contribution >= 0.6 is 24.0 Å². The molecule has 3 N–H and O–H groups in total. The minimum atomic E-state index is 0. The highest BCUT2D eigenvalue weighted by Crippen LogP contribution is 2.23. The summed E-state index contributed by atoms with van der Waals surface area (Å²) in [6.45, 7) is 4.19. The molecule has 1 fully saturated rings. The first-order chi connectivity index (χ1) is 7.15. The van der Waals surface area contributed by atoms with Crippen LogP contribution in [0.3, 0.4) is 0 Å². The smallest absolute Gasteiger partial charge is 0.193 e. The number of nitrogens with zero attached hydrogens (tertiary/aromatic N) is 1. The van der Waals surface area contributed by atoms with Crippen LogP contribution in [0.15, 0.2) is 23.2 Å². The number of aryl methyl sites for hydroxylation is 2. The summed E-state index contributed by atoms with van der Waals surface area (Å²) in [6.07, 6.45) is 2.35. The number of rotatable bonds is 2. The molecule has 0 aliphatic heterocycles. The topological polar surface area (TPSA) is 50.4 Å². The normalized spacial score (nSPS) is 15.5. The Morgan fingerprint density at radius 3 is 2.56 bits per heavy atom. The van der Waals surface area contributed by atoms with E-state index in [-0.39, 0.29) is 24.0 Å². The number of nitrogens with one attached hydrogen (secondary N) is 1. The van der Waals surface area contributed by atoms with Gasteiger partial charge in [-0.05, 0) is 49.9 Å². The van der Waals surface area contributed by atoms with Crippen molar-refractivity contribution in [2.75, 3.05) is 5.32 Å². The lowest BCUT2D eigenvalue weighted by molar-refractivity contribution is 1.06. The SMILES string of the molecule is Cc1ccc(NC(N)=NC2CC2)cc1C.I. The van der Waals surface area contributed by atoms with Gasteiger partial charge in [0.15, 0.2) is 5.96 Å². The largest absolute Gasteiger partial charge is 0.370 e. The Balaban J connectivity index is 0.00000128. The number of benzene rings is 1. The molecule has 0 unspecified atom stereocenters. The van der Waals surface area contributed by atoms with Crippen LogP contribution in [0.2, 0.25) is 0 Å². The number of hydrogen-bond acceptors (Lipinski definition) is 1. The fourth-order valence-corrected chi connectivity index (χ4v) is 1.40. The number of aliphatic imine (C=N–C) groups is 1. The highest BCUT2D eigenvalue weighted by atomic mass is 127. The zero-order valence-corrected chi connectivity index (χ0v) is 12.0. The van der Waals surface area contributed by atoms with E-state index in [0.29, 0.717) is 12.0 Å². The molecule has 0 radical (unpaired) electrons. The summed E-state index contributed by atoms with van der Waals surface area (Å²) in [5.74, 6) is 0.528. The first-order valence-corrected chi connectivity index (χ1v) is 5.33. The third-order valence-electron chi connectivity index (χ3n) is 2.65. The van der Waals surface area contributed by atoms with Crippen LogP contribution in [0.5, 0.6) is 0 Å². The highest BCUT2D eigenvalue weighted by molar-refractivity contribution is 14.0. The Labute approximate surface area is 114 Å². The van der Waals surface area contributed by atoms with Crippen molar-refractivity contribution in [3.05, 3.63) is 29.3 Å². The van der Waals surface area contributed by atoms with E-state index < -0.39 is 0 Å². The van der Waals surface area contributed by atoms with Crippen molar-refractivity contribution in [3.8, 4) is 0 Å². The third kappa shape index (κ3) is 3.66. The van der Waals surface area contributed by atoms with Gasteiger partial charge < -0.3 is 11.1 Å². The Kier molecular flexibility index (Phi) is 4.58. The monoisotopic (exact) mass is 331 g/mol. The second-order valence-corrected chi connectivity index (χ2v) is 4.17. The van der Waals surface area contributed by atoms with E-state index in [1.54, 1.807) is 0 Å². The molecule has 0 saturated heterocycles. The van der Waals surface area contributed by atoms with Gasteiger partial charge in [0.1, 0.15) is 0 Å². The molecule has 0 aromatic heterocycles. The number of hydrogen-bond donors (Lipinski definition) is 2. The molecular formula is C12H18IN3. The van der Waals surface area contributed by atoms with Crippen LogP contribution in [-0.4, -0.2) is 12.0 Å². The van der Waals surface area contributed by atoms with E-state index in [9.17, 15) is 0 Å². The van der Waals surface area contributed by atoms with Crippen molar-refractivity contribution in [2.45, 2.75) is 32.7 Å². The summed E-state index contributed by atoms with van der Waals surface area (Å²) in [5.41, 5.74) is 9.34. The maximum absolute atomic E-state index is 5.77. The van der Waals surface area contributed by atoms with Gasteiger partial charge in [0.2, 0.25) is 0 Å². The Morgan fingerprint density at radius 1 is 1.31 bits per heavy atom. The van der Waals surface area contributed by atoms with Crippen molar-refractivity contribution in [2.24, 2.45) is 10.7 Å². The molecule has 0 atom stereocenters. The van der Waals surface area contributed by atoms with E-state index in [0.717, 1.165) is 5.69 Å². The summed E-state index contributed by atoms with van der Waals surface area (Å²) in [7, 11) is 0. The molecule has 2 rings (SSSR count). The zero-order valence-electron chi connectivity index (χ0n) is 9.66. The van der Waals surface area contributed by atoms with Crippen LogP contribution in [0.25, 0.3) is 0 Å². The second kappa shape index (κ2) is 5.52. The van der Waals surface area contributed by atoms with Crippen molar-refractivity contribution in [1.29, 1.82) is 0 Å². The van der Waals surface area contributed by atoms with E-state index in [4.69, 9.17) is 5.73 Å². The van der Waals surface area contributed by atoms with Crippen LogP contribution in [-0.2, 0) is 0 Å². The van der Waals surface area contributed by atoms with Crippen LogP contribution < -0.4 is 11.1 Å². The fourth-order valence-electron chi connectivity index (χ4n) is 1.40. The van der Waals surface area contributed by atoms with Gasteiger partial charge in [-0.25, -0.2) is 4.99 Å². The third-order valence-corrected chi connectivity index (χ3v) is 2.65. The van der Waals surface area contributed by atoms with Gasteiger partial charge in [-0.1, -0.05) is 6.07 Å². The summed E-state index contributed by atoms with van der Waals surface area (Å²) < 4.78 is 0. The molecule has 0 heterocycles. The van der Waals surface area contributed by atoms with Crippen molar-refractivity contribution in [3.63, 3.8) is 0 Å². The van der Waals surface area contributed by atoms with Gasteiger partial charge in [-0.3, -0.25) is 0 Å². The molecule has 1 aliphatic carbocycles. The average Bonchev–Trinajstić information content (AvgIpc) is 2.95. The molecule has 0 bridgehead atoms. The van der Waals surface area contributed by atoms with Crippen LogP contribution in [0.1, 0.15) is 24.0 Å². The molecular weight excluding hydrogens is 313 g/mol. The predicted octanol–water partition coefficient (Wildman–Crippen LogP) is 2.81. The Hall–Kier alpha value is -0.780. The van der Waals surface area contributed by atoms with E-state index in [1.165, 1.54) is 24.0 Å². The number of anilines is 1. The van der Waals surface area contributed by atoms with Crippen molar-refractivity contribution < 1.29 is 0 Å². The maximum atomic E-state index is 5.77. The molecule has 16 heavy (non-hydrogen) atoms. The molecule has 3 nitrogen and oxygen atoms in total. The molecule has 0 amide bonds. The lowest BCUT2D eigenvalue weighted by atomic mass is 10.1. The highest BCUT2D eigenvalue weighted by Gasteiger charge is 2.20. The van der Waals surface area contributed by atoms with Crippen molar-refractivity contribution in [1.82, 2.24) is 0 Å². The van der Waals surface area contributed by atoms with Gasteiger partial charge in [-0.2, -0.15) is 0 Å². The molecule has 4 heteroatoms.